The Balaban J connectivity index is 1.46. The molecule has 0 aliphatic carbocycles. The third-order valence-corrected chi connectivity index (χ3v) is 8.82. The molecular formula is C32H43N7O3. The Bertz CT molecular complexity index is 1340. The molecule has 4 heterocycles. The lowest BCUT2D eigenvalue weighted by atomic mass is 10.0. The van der Waals surface area contributed by atoms with Crippen LogP contribution in [0, 0.1) is 18.3 Å². The standard InChI is InChI=1S/C32H43N7O3/c1-6-26-27(18-25-20-37(5)30-22(3)10-8-12-28(30)42-25)34-32(41-21-24-11-9-15-36(24)4)35-31(26)38-16-17-39(29(40)7-2)23(19-38)13-14-33/h7-8,10,12,23-25H,2,6,9,11,13,15-21H2,1,3-5H3/t23?,24?,25-/m1/s1. The zero-order valence-electron chi connectivity index (χ0n) is 25.4. The number of ether oxygens (including phenoxy) is 2. The quantitative estimate of drug-likeness (QED) is 0.418. The van der Waals surface area contributed by atoms with Gasteiger partial charge in [-0.3, -0.25) is 4.79 Å². The van der Waals surface area contributed by atoms with Crippen LogP contribution in [0.1, 0.15) is 43.0 Å². The molecule has 224 valence electrons. The minimum absolute atomic E-state index is 0.0837. The molecule has 0 spiro atoms. The number of rotatable bonds is 9. The number of hydrogen-bond donors (Lipinski definition) is 0. The van der Waals surface area contributed by atoms with E-state index in [9.17, 15) is 10.1 Å². The Morgan fingerprint density at radius 1 is 1.21 bits per heavy atom. The second-order valence-electron chi connectivity index (χ2n) is 11.6. The topological polar surface area (TPSA) is 98.1 Å². The molecule has 2 fully saturated rings. The van der Waals surface area contributed by atoms with Gasteiger partial charge in [-0.25, -0.2) is 0 Å². The highest BCUT2D eigenvalue weighted by Crippen LogP contribution is 2.37. The molecule has 10 nitrogen and oxygen atoms in total. The molecule has 0 bridgehead atoms. The van der Waals surface area contributed by atoms with Crippen molar-refractivity contribution in [2.75, 3.05) is 63.2 Å². The molecule has 1 aromatic heterocycles. The summed E-state index contributed by atoms with van der Waals surface area (Å²) in [6.07, 6.45) is 5.11. The summed E-state index contributed by atoms with van der Waals surface area (Å²) in [4.78, 5) is 31.0. The van der Waals surface area contributed by atoms with Crippen LogP contribution in [0.15, 0.2) is 30.9 Å². The van der Waals surface area contributed by atoms with Crippen molar-refractivity contribution >= 4 is 17.4 Å². The van der Waals surface area contributed by atoms with E-state index in [0.29, 0.717) is 44.7 Å². The largest absolute Gasteiger partial charge is 0.486 e. The Hall–Kier alpha value is -3.84. The van der Waals surface area contributed by atoms with Crippen molar-refractivity contribution in [2.45, 2.75) is 64.1 Å². The lowest BCUT2D eigenvalue weighted by Gasteiger charge is -2.41. The third-order valence-electron chi connectivity index (χ3n) is 8.82. The maximum atomic E-state index is 12.5. The fourth-order valence-electron chi connectivity index (χ4n) is 6.60. The van der Waals surface area contributed by atoms with Crippen LogP contribution in [0.3, 0.4) is 0 Å². The molecule has 10 heteroatoms. The Morgan fingerprint density at radius 2 is 2.05 bits per heavy atom. The maximum Gasteiger partial charge on any atom is 0.318 e. The van der Waals surface area contributed by atoms with Crippen molar-refractivity contribution < 1.29 is 14.3 Å². The van der Waals surface area contributed by atoms with Crippen molar-refractivity contribution in [3.8, 4) is 17.8 Å². The maximum absolute atomic E-state index is 12.5. The number of nitriles is 1. The number of amides is 1. The molecule has 0 N–H and O–H groups in total. The van der Waals surface area contributed by atoms with Gasteiger partial charge in [-0.15, -0.1) is 0 Å². The molecule has 0 saturated carbocycles. The highest BCUT2D eigenvalue weighted by atomic mass is 16.5. The molecule has 5 rings (SSSR count). The highest BCUT2D eigenvalue weighted by Gasteiger charge is 2.33. The van der Waals surface area contributed by atoms with Gasteiger partial charge in [-0.2, -0.15) is 15.2 Å². The molecular weight excluding hydrogens is 530 g/mol. The van der Waals surface area contributed by atoms with E-state index >= 15 is 0 Å². The van der Waals surface area contributed by atoms with Crippen molar-refractivity contribution in [1.82, 2.24) is 19.8 Å². The number of likely N-dealkylation sites (N-methyl/N-ethyl adjacent to an activating group) is 2. The third kappa shape index (κ3) is 6.16. The fourth-order valence-corrected chi connectivity index (χ4v) is 6.60. The molecule has 42 heavy (non-hydrogen) atoms. The van der Waals surface area contributed by atoms with Gasteiger partial charge in [0.25, 0.3) is 0 Å². The summed E-state index contributed by atoms with van der Waals surface area (Å²) >= 11 is 0. The SMILES string of the molecule is C=CC(=O)N1CCN(c2nc(OCC3CCCN3C)nc(C[C@@H]3CN(C)c4c(C)cccc4O3)c2CC)CC1CC#N. The highest BCUT2D eigenvalue weighted by molar-refractivity contribution is 5.87. The number of hydrogen-bond acceptors (Lipinski definition) is 9. The number of nitrogens with zero attached hydrogens (tertiary/aromatic N) is 7. The normalized spacial score (nSPS) is 22.4. The predicted molar refractivity (Wildman–Crippen MR) is 163 cm³/mol. The van der Waals surface area contributed by atoms with Gasteiger partial charge in [-0.1, -0.05) is 25.6 Å². The van der Waals surface area contributed by atoms with Crippen molar-refractivity contribution in [1.29, 1.82) is 5.26 Å². The van der Waals surface area contributed by atoms with Crippen LogP contribution in [0.25, 0.3) is 0 Å². The molecule has 2 saturated heterocycles. The van der Waals surface area contributed by atoms with Gasteiger partial charge in [0.05, 0.1) is 36.5 Å². The first-order chi connectivity index (χ1) is 20.3. The molecule has 0 radical (unpaired) electrons. The van der Waals surface area contributed by atoms with Gasteiger partial charge in [0.2, 0.25) is 5.91 Å². The summed E-state index contributed by atoms with van der Waals surface area (Å²) in [5, 5.41) is 9.52. The van der Waals surface area contributed by atoms with E-state index in [-0.39, 0.29) is 24.5 Å². The van der Waals surface area contributed by atoms with Crippen molar-refractivity contribution in [2.24, 2.45) is 0 Å². The second-order valence-corrected chi connectivity index (χ2v) is 11.6. The number of piperazine rings is 1. The van der Waals surface area contributed by atoms with Gasteiger partial charge in [0.1, 0.15) is 24.3 Å². The number of fused-ring (bicyclic) bond motifs is 1. The first-order valence-corrected chi connectivity index (χ1v) is 15.1. The van der Waals surface area contributed by atoms with E-state index in [2.05, 4.69) is 61.4 Å². The van der Waals surface area contributed by atoms with E-state index < -0.39 is 0 Å². The number of carbonyl (C=O) groups excluding carboxylic acids is 1. The Labute approximate surface area is 249 Å². The number of aryl methyl sites for hydroxylation is 1. The van der Waals surface area contributed by atoms with Gasteiger partial charge >= 0.3 is 6.01 Å². The van der Waals surface area contributed by atoms with Crippen LogP contribution in [0.2, 0.25) is 0 Å². The van der Waals surface area contributed by atoms with Gasteiger partial charge in [0.15, 0.2) is 0 Å². The zero-order valence-corrected chi connectivity index (χ0v) is 25.4. The van der Waals surface area contributed by atoms with E-state index in [1.54, 1.807) is 4.90 Å². The number of likely N-dealkylation sites (tertiary alicyclic amines) is 1. The Morgan fingerprint density at radius 3 is 2.76 bits per heavy atom. The van der Waals surface area contributed by atoms with Crippen LogP contribution < -0.4 is 19.3 Å². The predicted octanol–water partition coefficient (Wildman–Crippen LogP) is 3.38. The van der Waals surface area contributed by atoms with Crippen LogP contribution in [0.4, 0.5) is 11.5 Å². The van der Waals surface area contributed by atoms with Gasteiger partial charge in [0, 0.05) is 44.7 Å². The summed E-state index contributed by atoms with van der Waals surface area (Å²) in [6, 6.07) is 8.90. The number of anilines is 2. The van der Waals surface area contributed by atoms with Gasteiger partial charge in [-0.05, 0) is 57.5 Å². The number of para-hydroxylation sites is 1. The molecule has 3 atom stereocenters. The Kier molecular flexibility index (Phi) is 9.17. The summed E-state index contributed by atoms with van der Waals surface area (Å²) < 4.78 is 12.8. The molecule has 3 aliphatic rings. The molecule has 1 amide bonds. The fraction of sp³-hybridized carbons (Fsp3) is 0.562. The van der Waals surface area contributed by atoms with Crippen LogP contribution in [0.5, 0.6) is 11.8 Å². The molecule has 1 aromatic carbocycles. The van der Waals surface area contributed by atoms with E-state index in [1.165, 1.54) is 11.6 Å². The summed E-state index contributed by atoms with van der Waals surface area (Å²) in [6.45, 7) is 11.8. The zero-order chi connectivity index (χ0) is 29.8. The van der Waals surface area contributed by atoms with E-state index in [0.717, 1.165) is 60.9 Å². The van der Waals surface area contributed by atoms with Crippen LogP contribution in [-0.2, 0) is 17.6 Å². The van der Waals surface area contributed by atoms with E-state index in [4.69, 9.17) is 19.4 Å². The molecule has 3 aliphatic heterocycles. The summed E-state index contributed by atoms with van der Waals surface area (Å²) in [5.74, 6) is 1.57. The van der Waals surface area contributed by atoms with Crippen LogP contribution >= 0.6 is 0 Å². The smallest absolute Gasteiger partial charge is 0.318 e. The summed E-state index contributed by atoms with van der Waals surface area (Å²) in [5.41, 5.74) is 4.31. The average molecular weight is 574 g/mol. The lowest BCUT2D eigenvalue weighted by Crippen LogP contribution is -2.55. The average Bonchev–Trinajstić information content (AvgIpc) is 3.39. The van der Waals surface area contributed by atoms with Crippen molar-refractivity contribution in [3.05, 3.63) is 47.7 Å². The number of carbonyl (C=O) groups is 1. The molecule has 2 aromatic rings. The summed E-state index contributed by atoms with van der Waals surface area (Å²) in [7, 11) is 4.24. The second kappa shape index (κ2) is 13.0. The minimum atomic E-state index is -0.246. The lowest BCUT2D eigenvalue weighted by molar-refractivity contribution is -0.128. The minimum Gasteiger partial charge on any atom is -0.486 e. The molecule has 2 unspecified atom stereocenters. The van der Waals surface area contributed by atoms with Gasteiger partial charge < -0.3 is 29.1 Å². The monoisotopic (exact) mass is 573 g/mol. The van der Waals surface area contributed by atoms with E-state index in [1.807, 2.05) is 12.1 Å². The first-order valence-electron chi connectivity index (χ1n) is 15.1. The number of aromatic nitrogens is 2. The first kappa shape index (κ1) is 29.6. The van der Waals surface area contributed by atoms with Crippen molar-refractivity contribution in [3.63, 3.8) is 0 Å². The number of benzene rings is 1. The van der Waals surface area contributed by atoms with Crippen LogP contribution in [-0.4, -0.2) is 97.3 Å².